The molecule has 1 heterocycles. The average Bonchev–Trinajstić information content (AvgIpc) is 2.69. The Kier molecular flexibility index (Phi) is 3.66. The van der Waals surface area contributed by atoms with Crippen molar-refractivity contribution in [3.8, 4) is 11.3 Å². The zero-order chi connectivity index (χ0) is 12.4. The number of carboxylic acids is 1. The van der Waals surface area contributed by atoms with E-state index in [0.717, 1.165) is 5.56 Å². The number of nitrogens with zero attached hydrogens (tertiary/aromatic N) is 1. The van der Waals surface area contributed by atoms with E-state index in [2.05, 4.69) is 10.5 Å². The molecule has 87 valence electrons. The molecule has 0 unspecified atom stereocenters. The van der Waals surface area contributed by atoms with Crippen LogP contribution >= 0.6 is 34.5 Å². The molecule has 1 aromatic carbocycles. The molecule has 0 saturated heterocycles. The number of carboxylic acid groups (broad SMARTS) is 1. The second-order valence-corrected chi connectivity index (χ2v) is 4.97. The summed E-state index contributed by atoms with van der Waals surface area (Å²) in [6, 6.07) is 5.07. The summed E-state index contributed by atoms with van der Waals surface area (Å²) in [5.41, 5.74) is 4.03. The number of carbonyl (C=O) groups is 1. The SMILES string of the molecule is O=C(O)Cc1s[c]nc1-c1ccc(Cl)c(Cl)c1. The van der Waals surface area contributed by atoms with Crippen LogP contribution in [0.3, 0.4) is 0 Å². The Morgan fingerprint density at radius 1 is 1.41 bits per heavy atom. The third-order valence-corrected chi connectivity index (χ3v) is 3.60. The van der Waals surface area contributed by atoms with Crippen LogP contribution in [-0.4, -0.2) is 16.1 Å². The van der Waals surface area contributed by atoms with Gasteiger partial charge in [-0.3, -0.25) is 4.79 Å². The lowest BCUT2D eigenvalue weighted by atomic mass is 10.1. The monoisotopic (exact) mass is 286 g/mol. The second-order valence-electron chi connectivity index (χ2n) is 3.28. The van der Waals surface area contributed by atoms with Gasteiger partial charge >= 0.3 is 5.97 Å². The van der Waals surface area contributed by atoms with Crippen LogP contribution in [0.2, 0.25) is 10.0 Å². The van der Waals surface area contributed by atoms with Crippen molar-refractivity contribution in [2.24, 2.45) is 0 Å². The van der Waals surface area contributed by atoms with Crippen LogP contribution in [0.1, 0.15) is 4.88 Å². The van der Waals surface area contributed by atoms with E-state index in [0.29, 0.717) is 20.6 Å². The summed E-state index contributed by atoms with van der Waals surface area (Å²) in [6.45, 7) is 0. The zero-order valence-electron chi connectivity index (χ0n) is 8.41. The first-order chi connectivity index (χ1) is 8.08. The van der Waals surface area contributed by atoms with Gasteiger partial charge in [-0.05, 0) is 12.1 Å². The summed E-state index contributed by atoms with van der Waals surface area (Å²) in [6.07, 6.45) is -0.0727. The summed E-state index contributed by atoms with van der Waals surface area (Å²) in [7, 11) is 0. The summed E-state index contributed by atoms with van der Waals surface area (Å²) in [5.74, 6) is -0.899. The van der Waals surface area contributed by atoms with E-state index >= 15 is 0 Å². The highest BCUT2D eigenvalue weighted by Gasteiger charge is 2.13. The predicted octanol–water partition coefficient (Wildman–Crippen LogP) is 3.54. The first-order valence-electron chi connectivity index (χ1n) is 4.61. The summed E-state index contributed by atoms with van der Waals surface area (Å²) < 4.78 is 0. The van der Waals surface area contributed by atoms with Crippen molar-refractivity contribution in [2.75, 3.05) is 0 Å². The van der Waals surface area contributed by atoms with Crippen LogP contribution < -0.4 is 0 Å². The topological polar surface area (TPSA) is 50.2 Å². The second kappa shape index (κ2) is 5.04. The van der Waals surface area contributed by atoms with Crippen LogP contribution in [0, 0.1) is 5.51 Å². The maximum absolute atomic E-state index is 10.7. The van der Waals surface area contributed by atoms with Gasteiger partial charge in [-0.25, -0.2) is 4.98 Å². The first kappa shape index (κ1) is 12.4. The lowest BCUT2D eigenvalue weighted by molar-refractivity contribution is -0.136. The largest absolute Gasteiger partial charge is 0.481 e. The fourth-order valence-corrected chi connectivity index (χ4v) is 2.36. The van der Waals surface area contributed by atoms with E-state index in [9.17, 15) is 4.79 Å². The van der Waals surface area contributed by atoms with Gasteiger partial charge in [0, 0.05) is 10.4 Å². The molecule has 6 heteroatoms. The quantitative estimate of drug-likeness (QED) is 0.939. The van der Waals surface area contributed by atoms with E-state index in [1.165, 1.54) is 11.3 Å². The molecule has 17 heavy (non-hydrogen) atoms. The number of hydrogen-bond donors (Lipinski definition) is 1. The van der Waals surface area contributed by atoms with Crippen molar-refractivity contribution in [1.29, 1.82) is 0 Å². The first-order valence-corrected chi connectivity index (χ1v) is 6.18. The molecule has 1 radical (unpaired) electrons. The predicted molar refractivity (Wildman–Crippen MR) is 67.7 cm³/mol. The fraction of sp³-hybridized carbons (Fsp3) is 0.0909. The molecule has 0 aliphatic heterocycles. The lowest BCUT2D eigenvalue weighted by Crippen LogP contribution is -1.99. The van der Waals surface area contributed by atoms with Gasteiger partial charge in [0.2, 0.25) is 0 Å². The third kappa shape index (κ3) is 2.77. The number of rotatable bonds is 3. The highest BCUT2D eigenvalue weighted by molar-refractivity contribution is 7.09. The minimum atomic E-state index is -0.899. The molecule has 2 rings (SSSR count). The Morgan fingerprint density at radius 3 is 2.82 bits per heavy atom. The van der Waals surface area contributed by atoms with Crippen LogP contribution in [0.5, 0.6) is 0 Å². The molecule has 0 spiro atoms. The Hall–Kier alpha value is -1.10. The van der Waals surface area contributed by atoms with Gasteiger partial charge in [0.25, 0.3) is 0 Å². The molecular weight excluding hydrogens is 281 g/mol. The Labute approximate surface area is 112 Å². The molecule has 0 aliphatic rings. The van der Waals surface area contributed by atoms with Gasteiger partial charge in [-0.1, -0.05) is 29.3 Å². The van der Waals surface area contributed by atoms with Crippen molar-refractivity contribution in [2.45, 2.75) is 6.42 Å². The third-order valence-electron chi connectivity index (χ3n) is 2.10. The van der Waals surface area contributed by atoms with Gasteiger partial charge in [0.1, 0.15) is 0 Å². The smallest absolute Gasteiger partial charge is 0.308 e. The number of halogens is 2. The minimum Gasteiger partial charge on any atom is -0.481 e. The van der Waals surface area contributed by atoms with Crippen molar-refractivity contribution in [3.63, 3.8) is 0 Å². The summed E-state index contributed by atoms with van der Waals surface area (Å²) in [4.78, 5) is 15.4. The Bertz CT molecular complexity index is 568. The highest BCUT2D eigenvalue weighted by atomic mass is 35.5. The Balaban J connectivity index is 2.42. The lowest BCUT2D eigenvalue weighted by Gasteiger charge is -2.02. The van der Waals surface area contributed by atoms with E-state index in [1.54, 1.807) is 18.2 Å². The van der Waals surface area contributed by atoms with E-state index in [4.69, 9.17) is 28.3 Å². The number of aliphatic carboxylic acids is 1. The maximum atomic E-state index is 10.7. The molecule has 1 N–H and O–H groups in total. The maximum Gasteiger partial charge on any atom is 0.308 e. The van der Waals surface area contributed by atoms with Crippen LogP contribution in [0.25, 0.3) is 11.3 Å². The van der Waals surface area contributed by atoms with Gasteiger partial charge in [-0.2, -0.15) is 0 Å². The van der Waals surface area contributed by atoms with Gasteiger partial charge < -0.3 is 5.11 Å². The summed E-state index contributed by atoms with van der Waals surface area (Å²) in [5, 5.41) is 9.64. The van der Waals surface area contributed by atoms with Crippen molar-refractivity contribution < 1.29 is 9.90 Å². The average molecular weight is 287 g/mol. The number of benzene rings is 1. The van der Waals surface area contributed by atoms with Gasteiger partial charge in [0.15, 0.2) is 5.51 Å². The molecule has 1 aromatic heterocycles. The molecule has 0 aliphatic carbocycles. The molecule has 0 saturated carbocycles. The standard InChI is InChI=1S/C11H6Cl2NO2S/c12-7-2-1-6(3-8(7)13)11-9(4-10(15)16)17-5-14-11/h1-3H,4H2,(H,15,16). The molecule has 0 atom stereocenters. The molecule has 0 bridgehead atoms. The molecule has 0 fully saturated rings. The van der Waals surface area contributed by atoms with Crippen LogP contribution in [-0.2, 0) is 11.2 Å². The normalized spacial score (nSPS) is 10.5. The van der Waals surface area contributed by atoms with Gasteiger partial charge in [0.05, 0.1) is 22.2 Å². The van der Waals surface area contributed by atoms with Crippen molar-refractivity contribution in [1.82, 2.24) is 4.98 Å². The molecule has 0 amide bonds. The van der Waals surface area contributed by atoms with Crippen molar-refractivity contribution in [3.05, 3.63) is 38.6 Å². The molecule has 2 aromatic rings. The molecule has 3 nitrogen and oxygen atoms in total. The number of aromatic nitrogens is 1. The van der Waals surface area contributed by atoms with Crippen LogP contribution in [0.4, 0.5) is 0 Å². The molecular formula is C11H6Cl2NO2S. The Morgan fingerprint density at radius 2 is 2.18 bits per heavy atom. The van der Waals surface area contributed by atoms with E-state index in [-0.39, 0.29) is 6.42 Å². The number of thiazole rings is 1. The van der Waals surface area contributed by atoms with E-state index in [1.807, 2.05) is 0 Å². The summed E-state index contributed by atoms with van der Waals surface area (Å²) >= 11 is 12.9. The fourth-order valence-electron chi connectivity index (χ4n) is 1.36. The highest BCUT2D eigenvalue weighted by Crippen LogP contribution is 2.31. The zero-order valence-corrected chi connectivity index (χ0v) is 10.7. The minimum absolute atomic E-state index is 0.0727. The van der Waals surface area contributed by atoms with Crippen LogP contribution in [0.15, 0.2) is 18.2 Å². The number of hydrogen-bond acceptors (Lipinski definition) is 3. The van der Waals surface area contributed by atoms with Gasteiger partial charge in [-0.15, -0.1) is 11.3 Å². The van der Waals surface area contributed by atoms with Crippen molar-refractivity contribution >= 4 is 40.5 Å². The van der Waals surface area contributed by atoms with E-state index < -0.39 is 5.97 Å².